The number of aliphatic hydroxyl groups is 2. The van der Waals surface area contributed by atoms with Gasteiger partial charge < -0.3 is 33.9 Å². The van der Waals surface area contributed by atoms with Gasteiger partial charge in [-0.1, -0.05) is 0 Å². The van der Waals surface area contributed by atoms with Gasteiger partial charge in [-0.25, -0.2) is 0 Å². The average Bonchev–Trinajstić information content (AvgIpc) is 3.57. The highest BCUT2D eigenvalue weighted by Crippen LogP contribution is 2.51. The highest BCUT2D eigenvalue weighted by molar-refractivity contribution is 5.07. The van der Waals surface area contributed by atoms with Gasteiger partial charge in [-0.15, -0.1) is 0 Å². The van der Waals surface area contributed by atoms with Crippen molar-refractivity contribution in [3.8, 4) is 0 Å². The molecule has 10 atom stereocenters. The summed E-state index contributed by atoms with van der Waals surface area (Å²) in [4.78, 5) is 0. The van der Waals surface area contributed by atoms with Gasteiger partial charge in [0.2, 0.25) is 0 Å². The van der Waals surface area contributed by atoms with E-state index in [-0.39, 0.29) is 59.0 Å². The second-order valence-electron chi connectivity index (χ2n) is 14.8. The van der Waals surface area contributed by atoms with Crippen LogP contribution in [0.3, 0.4) is 0 Å². The lowest BCUT2D eigenvalue weighted by Gasteiger charge is -2.39. The predicted molar refractivity (Wildman–Crippen MR) is 141 cm³/mol. The van der Waals surface area contributed by atoms with E-state index in [0.29, 0.717) is 0 Å². The Balaban J connectivity index is 1.18. The van der Waals surface area contributed by atoms with Crippen molar-refractivity contribution in [2.45, 2.75) is 190 Å². The Bertz CT molecular complexity index is 782. The van der Waals surface area contributed by atoms with E-state index in [9.17, 15) is 10.2 Å². The summed E-state index contributed by atoms with van der Waals surface area (Å²) in [6.07, 6.45) is 9.04. The summed E-state index contributed by atoms with van der Waals surface area (Å²) >= 11 is 0. The van der Waals surface area contributed by atoms with Crippen molar-refractivity contribution >= 4 is 0 Å². The fourth-order valence-electron chi connectivity index (χ4n) is 7.78. The van der Waals surface area contributed by atoms with E-state index in [4.69, 9.17) is 23.7 Å². The van der Waals surface area contributed by atoms with Crippen molar-refractivity contribution in [2.75, 3.05) is 0 Å². The minimum absolute atomic E-state index is 0.0124. The van der Waals surface area contributed by atoms with Crippen LogP contribution in [-0.4, -0.2) is 80.4 Å². The normalized spacial score (nSPS) is 51.4. The molecule has 7 nitrogen and oxygen atoms in total. The van der Waals surface area contributed by atoms with Gasteiger partial charge in [0.25, 0.3) is 0 Å². The minimum Gasteiger partial charge on any atom is -0.388 e. The van der Waals surface area contributed by atoms with Gasteiger partial charge >= 0.3 is 0 Å². The molecule has 0 unspecified atom stereocenters. The standard InChI is InChI=1S/C30H52O7/c1-25(2,31)19-11-15-29(7,34-19)23-13-17-27(5,36-23)21-9-10-22(33-21)28(6)18-14-24(37-28)30(8)16-12-20(35-30)26(3,4)32/h19-24,31-32H,9-18H2,1-8H3/t19-,20-,21-,22-,23-,24+,27-,28-,29-,30+/m1/s1. The van der Waals surface area contributed by atoms with E-state index in [1.165, 1.54) is 0 Å². The van der Waals surface area contributed by atoms with E-state index < -0.39 is 11.2 Å². The van der Waals surface area contributed by atoms with Crippen LogP contribution in [0.5, 0.6) is 0 Å². The second-order valence-corrected chi connectivity index (χ2v) is 14.8. The molecule has 2 N–H and O–H groups in total. The first kappa shape index (κ1) is 28.3. The Kier molecular flexibility index (Phi) is 6.96. The van der Waals surface area contributed by atoms with Crippen molar-refractivity contribution in [3.05, 3.63) is 0 Å². The third-order valence-electron chi connectivity index (χ3n) is 10.6. The van der Waals surface area contributed by atoms with Crippen molar-refractivity contribution in [1.29, 1.82) is 0 Å². The third kappa shape index (κ3) is 5.16. The fraction of sp³-hybridized carbons (Fsp3) is 1.00. The zero-order valence-electron chi connectivity index (χ0n) is 24.5. The maximum atomic E-state index is 10.5. The maximum absolute atomic E-state index is 10.5. The Hall–Kier alpha value is -0.280. The minimum atomic E-state index is -0.841. The quantitative estimate of drug-likeness (QED) is 0.515. The van der Waals surface area contributed by atoms with E-state index in [1.54, 1.807) is 0 Å². The summed E-state index contributed by atoms with van der Waals surface area (Å²) in [5, 5.41) is 20.9. The zero-order chi connectivity index (χ0) is 27.1. The molecule has 5 saturated heterocycles. The molecule has 5 aliphatic rings. The van der Waals surface area contributed by atoms with E-state index in [0.717, 1.165) is 64.2 Å². The Morgan fingerprint density at radius 1 is 0.486 bits per heavy atom. The molecular formula is C30H52O7. The van der Waals surface area contributed by atoms with Crippen LogP contribution in [0.2, 0.25) is 0 Å². The van der Waals surface area contributed by atoms with Gasteiger partial charge in [0.1, 0.15) is 0 Å². The molecule has 5 rings (SSSR count). The van der Waals surface area contributed by atoms with Gasteiger partial charge in [0.15, 0.2) is 0 Å². The molecule has 0 aromatic carbocycles. The highest BCUT2D eigenvalue weighted by Gasteiger charge is 2.58. The molecule has 0 aromatic rings. The van der Waals surface area contributed by atoms with E-state index in [2.05, 4.69) is 27.7 Å². The van der Waals surface area contributed by atoms with Crippen LogP contribution in [0.4, 0.5) is 0 Å². The van der Waals surface area contributed by atoms with Crippen molar-refractivity contribution in [1.82, 2.24) is 0 Å². The van der Waals surface area contributed by atoms with Crippen LogP contribution >= 0.6 is 0 Å². The van der Waals surface area contributed by atoms with Crippen LogP contribution < -0.4 is 0 Å². The van der Waals surface area contributed by atoms with Gasteiger partial charge in [-0.2, -0.15) is 0 Å². The number of hydrogen-bond acceptors (Lipinski definition) is 7. The molecule has 0 spiro atoms. The molecule has 0 aliphatic carbocycles. The Morgan fingerprint density at radius 2 is 0.811 bits per heavy atom. The lowest BCUT2D eigenvalue weighted by Crippen LogP contribution is -2.48. The maximum Gasteiger partial charge on any atom is 0.0921 e. The van der Waals surface area contributed by atoms with Crippen LogP contribution in [0.25, 0.3) is 0 Å². The van der Waals surface area contributed by atoms with Crippen molar-refractivity contribution < 1.29 is 33.9 Å². The smallest absolute Gasteiger partial charge is 0.0921 e. The molecule has 0 amide bonds. The van der Waals surface area contributed by atoms with E-state index >= 15 is 0 Å². The first-order valence-electron chi connectivity index (χ1n) is 14.8. The summed E-state index contributed by atoms with van der Waals surface area (Å²) < 4.78 is 33.1. The van der Waals surface area contributed by atoms with Crippen molar-refractivity contribution in [3.63, 3.8) is 0 Å². The first-order valence-corrected chi connectivity index (χ1v) is 14.8. The van der Waals surface area contributed by atoms with Crippen LogP contribution in [0.15, 0.2) is 0 Å². The molecule has 5 fully saturated rings. The average molecular weight is 525 g/mol. The molecular weight excluding hydrogens is 472 g/mol. The summed E-state index contributed by atoms with van der Waals surface area (Å²) in [7, 11) is 0. The summed E-state index contributed by atoms with van der Waals surface area (Å²) in [6, 6.07) is 0. The van der Waals surface area contributed by atoms with Gasteiger partial charge in [-0.05, 0) is 120 Å². The molecule has 0 saturated carbocycles. The van der Waals surface area contributed by atoms with Gasteiger partial charge in [0.05, 0.1) is 70.2 Å². The monoisotopic (exact) mass is 524 g/mol. The second kappa shape index (κ2) is 9.12. The molecule has 0 radical (unpaired) electrons. The summed E-state index contributed by atoms with van der Waals surface area (Å²) in [5.74, 6) is 0. The fourth-order valence-corrected chi connectivity index (χ4v) is 7.78. The Labute approximate surface area is 223 Å². The third-order valence-corrected chi connectivity index (χ3v) is 10.6. The van der Waals surface area contributed by atoms with Crippen LogP contribution in [-0.2, 0) is 23.7 Å². The molecule has 37 heavy (non-hydrogen) atoms. The van der Waals surface area contributed by atoms with Gasteiger partial charge in [0, 0.05) is 0 Å². The van der Waals surface area contributed by atoms with E-state index in [1.807, 2.05) is 27.7 Å². The lowest BCUT2D eigenvalue weighted by atomic mass is 9.89. The SMILES string of the molecule is CC(C)(O)[C@H]1CC[C@](C)([C@H]2CC[C@](C)([C@H]3CC[C@H]([C@@]4(C)CC[C@@H]([C@]5(C)CC[C@H](C(C)(C)O)O5)O4)O3)O2)O1. The number of ether oxygens (including phenoxy) is 5. The lowest BCUT2D eigenvalue weighted by molar-refractivity contribution is -0.214. The molecule has 0 bridgehead atoms. The highest BCUT2D eigenvalue weighted by atomic mass is 16.6. The van der Waals surface area contributed by atoms with Crippen LogP contribution in [0, 0.1) is 0 Å². The summed E-state index contributed by atoms with van der Waals surface area (Å²) in [5.41, 5.74) is -3.10. The van der Waals surface area contributed by atoms with Crippen molar-refractivity contribution in [2.24, 2.45) is 0 Å². The largest absolute Gasteiger partial charge is 0.388 e. The molecule has 5 heterocycles. The predicted octanol–water partition coefficient (Wildman–Crippen LogP) is 4.83. The Morgan fingerprint density at radius 3 is 1.14 bits per heavy atom. The number of hydrogen-bond donors (Lipinski definition) is 2. The van der Waals surface area contributed by atoms with Gasteiger partial charge in [-0.3, -0.25) is 0 Å². The molecule has 7 heteroatoms. The van der Waals surface area contributed by atoms with Crippen LogP contribution in [0.1, 0.15) is 120 Å². The number of rotatable bonds is 6. The first-order chi connectivity index (χ1) is 17.0. The molecule has 0 aromatic heterocycles. The summed E-state index contributed by atoms with van der Waals surface area (Å²) in [6.45, 7) is 16.0. The topological polar surface area (TPSA) is 86.6 Å². The zero-order valence-corrected chi connectivity index (χ0v) is 24.5. The molecule has 5 aliphatic heterocycles. The molecule has 214 valence electrons.